The largest absolute Gasteiger partial charge is 0.497 e. The topological polar surface area (TPSA) is 32.7 Å². The van der Waals surface area contributed by atoms with Crippen LogP contribution in [0.15, 0.2) is 67.3 Å². The molecule has 3 heteroatoms. The van der Waals surface area contributed by atoms with Crippen LogP contribution >= 0.6 is 0 Å². The highest BCUT2D eigenvalue weighted by atomic mass is 16.5. The second-order valence-corrected chi connectivity index (χ2v) is 6.03. The van der Waals surface area contributed by atoms with Gasteiger partial charge in [0.25, 0.3) is 0 Å². The Morgan fingerprint density at radius 3 is 2.50 bits per heavy atom. The maximum absolute atomic E-state index is 10.3. The van der Waals surface area contributed by atoms with Crippen molar-refractivity contribution < 1.29 is 9.84 Å². The Bertz CT molecular complexity index is 612. The van der Waals surface area contributed by atoms with E-state index in [0.717, 1.165) is 31.7 Å². The van der Waals surface area contributed by atoms with Gasteiger partial charge < -0.3 is 9.84 Å². The molecule has 1 N–H and O–H groups in total. The summed E-state index contributed by atoms with van der Waals surface area (Å²) in [5.74, 6) is 0.861. The molecule has 0 spiro atoms. The lowest BCUT2D eigenvalue weighted by atomic mass is 10.1. The quantitative estimate of drug-likeness (QED) is 0.670. The number of hydrogen-bond acceptors (Lipinski definition) is 3. The smallest absolute Gasteiger partial charge is 0.119 e. The van der Waals surface area contributed by atoms with Crippen LogP contribution in [0.1, 0.15) is 24.0 Å². The van der Waals surface area contributed by atoms with Gasteiger partial charge >= 0.3 is 0 Å². The number of rotatable bonds is 10. The summed E-state index contributed by atoms with van der Waals surface area (Å²) < 4.78 is 5.31. The molecule has 1 atom stereocenters. The summed E-state index contributed by atoms with van der Waals surface area (Å²) in [7, 11) is 1.68. The van der Waals surface area contributed by atoms with Crippen LogP contribution in [0.5, 0.6) is 5.75 Å². The average molecular weight is 325 g/mol. The molecule has 0 radical (unpaired) electrons. The fourth-order valence-electron chi connectivity index (χ4n) is 2.76. The molecule has 0 aliphatic rings. The van der Waals surface area contributed by atoms with E-state index in [1.54, 1.807) is 7.11 Å². The van der Waals surface area contributed by atoms with Gasteiger partial charge in [-0.05, 0) is 36.1 Å². The third kappa shape index (κ3) is 6.19. The van der Waals surface area contributed by atoms with E-state index in [0.29, 0.717) is 6.54 Å². The second kappa shape index (κ2) is 9.91. The number of benzene rings is 2. The lowest BCUT2D eigenvalue weighted by Crippen LogP contribution is -2.31. The van der Waals surface area contributed by atoms with Crippen LogP contribution in [-0.2, 0) is 13.1 Å². The van der Waals surface area contributed by atoms with Gasteiger partial charge in [0.05, 0.1) is 13.2 Å². The molecular formula is C21H27NO2. The molecule has 0 bridgehead atoms. The minimum atomic E-state index is -0.350. The van der Waals surface area contributed by atoms with Crippen molar-refractivity contribution in [1.29, 1.82) is 0 Å². The number of hydrogen-bond donors (Lipinski definition) is 1. The fraction of sp³-hybridized carbons (Fsp3) is 0.333. The molecule has 128 valence electrons. The summed E-state index contributed by atoms with van der Waals surface area (Å²) in [6.07, 6.45) is 3.08. The number of ether oxygens (including phenoxy) is 1. The van der Waals surface area contributed by atoms with Gasteiger partial charge in [0.1, 0.15) is 5.75 Å². The van der Waals surface area contributed by atoms with Crippen LogP contribution in [-0.4, -0.2) is 29.8 Å². The summed E-state index contributed by atoms with van der Waals surface area (Å²) in [6, 6.07) is 18.5. The summed E-state index contributed by atoms with van der Waals surface area (Å²) in [4.78, 5) is 2.28. The van der Waals surface area contributed by atoms with E-state index in [2.05, 4.69) is 29.7 Å². The van der Waals surface area contributed by atoms with Gasteiger partial charge in [0.2, 0.25) is 0 Å². The van der Waals surface area contributed by atoms with Crippen molar-refractivity contribution in [2.75, 3.05) is 13.7 Å². The number of methoxy groups -OCH3 is 1. The standard InChI is InChI=1S/C21H27NO2/c1-3-4-12-20(23)17-22(15-18-9-6-5-7-10-18)16-19-11-8-13-21(14-19)24-2/h3,5-11,13-14,20,23H,1,4,12,15-17H2,2H3. The van der Waals surface area contributed by atoms with Gasteiger partial charge in [-0.15, -0.1) is 6.58 Å². The van der Waals surface area contributed by atoms with Crippen LogP contribution in [0, 0.1) is 0 Å². The average Bonchev–Trinajstić information content (AvgIpc) is 2.61. The zero-order valence-electron chi connectivity index (χ0n) is 14.4. The van der Waals surface area contributed by atoms with Crippen molar-refractivity contribution in [3.63, 3.8) is 0 Å². The number of aliphatic hydroxyl groups is 1. The molecule has 0 amide bonds. The normalized spacial score (nSPS) is 12.1. The van der Waals surface area contributed by atoms with E-state index < -0.39 is 0 Å². The third-order valence-electron chi connectivity index (χ3n) is 3.96. The highest BCUT2D eigenvalue weighted by Gasteiger charge is 2.13. The Morgan fingerprint density at radius 1 is 1.08 bits per heavy atom. The Hall–Kier alpha value is -2.10. The maximum Gasteiger partial charge on any atom is 0.119 e. The molecule has 2 rings (SSSR count). The first-order valence-electron chi connectivity index (χ1n) is 8.39. The van der Waals surface area contributed by atoms with Gasteiger partial charge in [0, 0.05) is 19.6 Å². The van der Waals surface area contributed by atoms with Crippen LogP contribution in [0.2, 0.25) is 0 Å². The monoisotopic (exact) mass is 325 g/mol. The van der Waals surface area contributed by atoms with E-state index in [1.165, 1.54) is 11.1 Å². The second-order valence-electron chi connectivity index (χ2n) is 6.03. The van der Waals surface area contributed by atoms with E-state index in [-0.39, 0.29) is 6.10 Å². The van der Waals surface area contributed by atoms with E-state index in [4.69, 9.17) is 4.74 Å². The van der Waals surface area contributed by atoms with E-state index in [9.17, 15) is 5.11 Å². The highest BCUT2D eigenvalue weighted by Crippen LogP contribution is 2.16. The Balaban J connectivity index is 2.07. The Morgan fingerprint density at radius 2 is 1.79 bits per heavy atom. The van der Waals surface area contributed by atoms with Crippen LogP contribution < -0.4 is 4.74 Å². The first kappa shape index (κ1) is 18.2. The van der Waals surface area contributed by atoms with Crippen molar-refractivity contribution in [1.82, 2.24) is 4.90 Å². The van der Waals surface area contributed by atoms with Crippen molar-refractivity contribution in [2.24, 2.45) is 0 Å². The van der Waals surface area contributed by atoms with Gasteiger partial charge in [-0.2, -0.15) is 0 Å². The minimum absolute atomic E-state index is 0.350. The summed E-state index contributed by atoms with van der Waals surface area (Å²) >= 11 is 0. The minimum Gasteiger partial charge on any atom is -0.497 e. The summed E-state index contributed by atoms with van der Waals surface area (Å²) in [5, 5.41) is 10.3. The summed E-state index contributed by atoms with van der Waals surface area (Å²) in [6.45, 7) is 5.95. The molecule has 0 aromatic heterocycles. The SMILES string of the molecule is C=CCCC(O)CN(Cc1ccccc1)Cc1cccc(OC)c1. The van der Waals surface area contributed by atoms with Crippen molar-refractivity contribution in [2.45, 2.75) is 32.0 Å². The van der Waals surface area contributed by atoms with Crippen LogP contribution in [0.3, 0.4) is 0 Å². The van der Waals surface area contributed by atoms with Gasteiger partial charge in [-0.25, -0.2) is 0 Å². The van der Waals surface area contributed by atoms with E-state index in [1.807, 2.05) is 42.5 Å². The molecule has 3 nitrogen and oxygen atoms in total. The molecule has 0 aliphatic heterocycles. The Kier molecular flexibility index (Phi) is 7.53. The lowest BCUT2D eigenvalue weighted by Gasteiger charge is -2.25. The zero-order chi connectivity index (χ0) is 17.2. The van der Waals surface area contributed by atoms with Crippen LogP contribution in [0.4, 0.5) is 0 Å². The first-order chi connectivity index (χ1) is 11.7. The molecule has 24 heavy (non-hydrogen) atoms. The molecular weight excluding hydrogens is 298 g/mol. The van der Waals surface area contributed by atoms with Gasteiger partial charge in [-0.1, -0.05) is 48.5 Å². The number of aliphatic hydroxyl groups excluding tert-OH is 1. The molecule has 2 aromatic carbocycles. The third-order valence-corrected chi connectivity index (χ3v) is 3.96. The highest BCUT2D eigenvalue weighted by molar-refractivity contribution is 5.28. The van der Waals surface area contributed by atoms with Gasteiger partial charge in [0.15, 0.2) is 0 Å². The molecule has 0 saturated heterocycles. The van der Waals surface area contributed by atoms with Crippen LogP contribution in [0.25, 0.3) is 0 Å². The molecule has 0 saturated carbocycles. The molecule has 0 fully saturated rings. The maximum atomic E-state index is 10.3. The predicted octanol–water partition coefficient (Wildman–Crippen LogP) is 4.02. The predicted molar refractivity (Wildman–Crippen MR) is 99.0 cm³/mol. The molecule has 0 heterocycles. The summed E-state index contributed by atoms with van der Waals surface area (Å²) in [5.41, 5.74) is 2.43. The fourth-order valence-corrected chi connectivity index (χ4v) is 2.76. The molecule has 0 aliphatic carbocycles. The first-order valence-corrected chi connectivity index (χ1v) is 8.39. The van der Waals surface area contributed by atoms with Gasteiger partial charge in [-0.3, -0.25) is 4.90 Å². The number of nitrogens with zero attached hydrogens (tertiary/aromatic N) is 1. The van der Waals surface area contributed by atoms with Crippen molar-refractivity contribution in [3.05, 3.63) is 78.4 Å². The van der Waals surface area contributed by atoms with E-state index >= 15 is 0 Å². The molecule has 1 unspecified atom stereocenters. The molecule has 2 aromatic rings. The zero-order valence-corrected chi connectivity index (χ0v) is 14.4. The Labute approximate surface area is 145 Å². The van der Waals surface area contributed by atoms with Crippen molar-refractivity contribution >= 4 is 0 Å². The number of allylic oxidation sites excluding steroid dienone is 1. The lowest BCUT2D eigenvalue weighted by molar-refractivity contribution is 0.0984. The van der Waals surface area contributed by atoms with Crippen molar-refractivity contribution in [3.8, 4) is 5.75 Å².